The summed E-state index contributed by atoms with van der Waals surface area (Å²) in [5, 5.41) is 0. The molecule has 1 atom stereocenters. The summed E-state index contributed by atoms with van der Waals surface area (Å²) < 4.78 is 100.0. The van der Waals surface area contributed by atoms with Crippen LogP contribution in [0.1, 0.15) is 29.3 Å². The van der Waals surface area contributed by atoms with Gasteiger partial charge in [0.25, 0.3) is 0 Å². The molecule has 1 rings (SSSR count). The molecule has 0 radical (unpaired) electrons. The Labute approximate surface area is 138 Å². The second kappa shape index (κ2) is 6.81. The van der Waals surface area contributed by atoms with E-state index in [1.807, 2.05) is 0 Å². The molecule has 0 aliphatic heterocycles. The third kappa shape index (κ3) is 4.05. The van der Waals surface area contributed by atoms with Gasteiger partial charge in [-0.2, -0.15) is 26.3 Å². The number of esters is 1. The van der Waals surface area contributed by atoms with Gasteiger partial charge in [-0.3, -0.25) is 0 Å². The molecule has 0 aliphatic carbocycles. The number of ether oxygens (including phenoxy) is 2. The van der Waals surface area contributed by atoms with Gasteiger partial charge in [-0.1, -0.05) is 12.1 Å². The molecule has 0 saturated heterocycles. The Balaban J connectivity index is 3.32. The quantitative estimate of drug-likeness (QED) is 0.558. The van der Waals surface area contributed by atoms with Crippen LogP contribution in [0.2, 0.25) is 0 Å². The zero-order valence-corrected chi connectivity index (χ0v) is 13.4. The molecule has 0 aromatic heterocycles. The van der Waals surface area contributed by atoms with E-state index in [-0.39, 0.29) is 11.1 Å². The largest absolute Gasteiger partial charge is 0.465 e. The summed E-state index contributed by atoms with van der Waals surface area (Å²) in [6, 6.07) is 4.39. The zero-order chi connectivity index (χ0) is 19.7. The summed E-state index contributed by atoms with van der Waals surface area (Å²) in [7, 11) is 1.96. The van der Waals surface area contributed by atoms with Crippen LogP contribution in [0, 0.1) is 0 Å². The Hall–Kier alpha value is -1.84. The maximum absolute atomic E-state index is 14.0. The highest BCUT2D eigenvalue weighted by Crippen LogP contribution is 2.52. The highest BCUT2D eigenvalue weighted by molar-refractivity contribution is 5.89. The van der Waals surface area contributed by atoms with Crippen molar-refractivity contribution in [1.29, 1.82) is 0 Å². The fourth-order valence-corrected chi connectivity index (χ4v) is 2.19. The van der Waals surface area contributed by atoms with Crippen molar-refractivity contribution >= 4 is 5.97 Å². The average Bonchev–Trinajstić information content (AvgIpc) is 2.51. The fraction of sp³-hybridized carbons (Fsp3) is 0.533. The van der Waals surface area contributed by atoms with E-state index in [0.717, 1.165) is 45.4 Å². The standard InChI is InChI=1S/C15H15F7O3/c1-12(25-3,8-13(16,14(17,18)19)15(20,21)22)10-6-4-9(5-7-10)11(23)24-2/h4-7H,8H2,1-3H3. The van der Waals surface area contributed by atoms with Crippen molar-refractivity contribution in [2.24, 2.45) is 0 Å². The van der Waals surface area contributed by atoms with Gasteiger partial charge in [0, 0.05) is 13.5 Å². The van der Waals surface area contributed by atoms with Crippen LogP contribution in [0.5, 0.6) is 0 Å². The smallest absolute Gasteiger partial charge is 0.431 e. The van der Waals surface area contributed by atoms with Gasteiger partial charge in [0.2, 0.25) is 0 Å². The molecule has 25 heavy (non-hydrogen) atoms. The number of methoxy groups -OCH3 is 2. The van der Waals surface area contributed by atoms with Crippen LogP contribution >= 0.6 is 0 Å². The molecule has 0 amide bonds. The van der Waals surface area contributed by atoms with E-state index in [2.05, 4.69) is 4.74 Å². The highest BCUT2D eigenvalue weighted by atomic mass is 19.4. The molecule has 1 aromatic rings. The Morgan fingerprint density at radius 2 is 1.36 bits per heavy atom. The SMILES string of the molecule is COC(=O)c1ccc(C(C)(CC(F)(C(F)(F)F)C(F)(F)F)OC)cc1. The van der Waals surface area contributed by atoms with Gasteiger partial charge in [0.05, 0.1) is 18.3 Å². The molecule has 0 saturated carbocycles. The van der Waals surface area contributed by atoms with E-state index in [1.165, 1.54) is 0 Å². The van der Waals surface area contributed by atoms with Crippen molar-refractivity contribution in [2.75, 3.05) is 14.2 Å². The van der Waals surface area contributed by atoms with E-state index in [1.54, 1.807) is 0 Å². The number of rotatable bonds is 5. The third-order valence-electron chi connectivity index (χ3n) is 3.85. The molecular weight excluding hydrogens is 361 g/mol. The van der Waals surface area contributed by atoms with E-state index in [9.17, 15) is 35.5 Å². The number of hydrogen-bond acceptors (Lipinski definition) is 3. The van der Waals surface area contributed by atoms with Crippen molar-refractivity contribution in [3.8, 4) is 0 Å². The zero-order valence-electron chi connectivity index (χ0n) is 13.4. The van der Waals surface area contributed by atoms with E-state index in [0.29, 0.717) is 0 Å². The number of carbonyl (C=O) groups is 1. The molecule has 1 unspecified atom stereocenters. The lowest BCUT2D eigenvalue weighted by Gasteiger charge is -2.38. The van der Waals surface area contributed by atoms with Gasteiger partial charge in [-0.15, -0.1) is 0 Å². The van der Waals surface area contributed by atoms with E-state index < -0.39 is 36.0 Å². The average molecular weight is 376 g/mol. The van der Waals surface area contributed by atoms with Gasteiger partial charge in [-0.05, 0) is 24.6 Å². The van der Waals surface area contributed by atoms with Crippen molar-refractivity contribution in [2.45, 2.75) is 37.0 Å². The molecule has 0 bridgehead atoms. The van der Waals surface area contributed by atoms with Crippen LogP contribution in [-0.2, 0) is 15.1 Å². The van der Waals surface area contributed by atoms with Crippen LogP contribution < -0.4 is 0 Å². The predicted molar refractivity (Wildman–Crippen MR) is 72.7 cm³/mol. The second-order valence-electron chi connectivity index (χ2n) is 5.48. The predicted octanol–water partition coefficient (Wildman–Crippen LogP) is 4.56. The Morgan fingerprint density at radius 1 is 0.920 bits per heavy atom. The maximum Gasteiger partial charge on any atom is 0.431 e. The van der Waals surface area contributed by atoms with Crippen molar-refractivity contribution in [3.05, 3.63) is 35.4 Å². The highest BCUT2D eigenvalue weighted by Gasteiger charge is 2.74. The number of alkyl halides is 7. The molecular formula is C15H15F7O3. The van der Waals surface area contributed by atoms with Gasteiger partial charge in [0.15, 0.2) is 0 Å². The van der Waals surface area contributed by atoms with Gasteiger partial charge >= 0.3 is 24.0 Å². The number of benzene rings is 1. The molecule has 3 nitrogen and oxygen atoms in total. The minimum atomic E-state index is -6.18. The summed E-state index contributed by atoms with van der Waals surface area (Å²) in [5.74, 6) is -0.754. The van der Waals surface area contributed by atoms with Gasteiger partial charge < -0.3 is 9.47 Å². The lowest BCUT2D eigenvalue weighted by Crippen LogP contribution is -2.56. The van der Waals surface area contributed by atoms with E-state index in [4.69, 9.17) is 4.74 Å². The Kier molecular flexibility index (Phi) is 5.78. The molecule has 142 valence electrons. The second-order valence-corrected chi connectivity index (χ2v) is 5.48. The van der Waals surface area contributed by atoms with Crippen LogP contribution in [0.4, 0.5) is 30.7 Å². The van der Waals surface area contributed by atoms with E-state index >= 15 is 0 Å². The minimum Gasteiger partial charge on any atom is -0.465 e. The maximum atomic E-state index is 14.0. The normalized spacial score (nSPS) is 15.6. The first kappa shape index (κ1) is 21.2. The molecule has 10 heteroatoms. The van der Waals surface area contributed by atoms with Gasteiger partial charge in [-0.25, -0.2) is 9.18 Å². The monoisotopic (exact) mass is 376 g/mol. The lowest BCUT2D eigenvalue weighted by molar-refractivity contribution is -0.353. The van der Waals surface area contributed by atoms with Crippen molar-refractivity contribution < 1.29 is 45.0 Å². The first-order valence-electron chi connectivity index (χ1n) is 6.78. The van der Waals surface area contributed by atoms with Crippen molar-refractivity contribution in [1.82, 2.24) is 0 Å². The Morgan fingerprint density at radius 3 is 1.68 bits per heavy atom. The lowest BCUT2D eigenvalue weighted by atomic mass is 9.83. The molecule has 1 aromatic carbocycles. The van der Waals surface area contributed by atoms with Crippen LogP contribution in [0.25, 0.3) is 0 Å². The fourth-order valence-electron chi connectivity index (χ4n) is 2.19. The molecule has 0 aliphatic rings. The molecule has 0 spiro atoms. The summed E-state index contributed by atoms with van der Waals surface area (Å²) in [6.07, 6.45) is -14.4. The summed E-state index contributed by atoms with van der Waals surface area (Å²) in [5.41, 5.74) is -7.87. The van der Waals surface area contributed by atoms with Gasteiger partial charge in [0.1, 0.15) is 0 Å². The molecule has 0 fully saturated rings. The number of carbonyl (C=O) groups excluding carboxylic acids is 1. The summed E-state index contributed by atoms with van der Waals surface area (Å²) >= 11 is 0. The van der Waals surface area contributed by atoms with Crippen LogP contribution in [-0.4, -0.2) is 38.2 Å². The number of halogens is 7. The minimum absolute atomic E-state index is 0.0165. The number of hydrogen-bond donors (Lipinski definition) is 0. The summed E-state index contributed by atoms with van der Waals surface area (Å²) in [4.78, 5) is 11.3. The Bertz CT molecular complexity index is 593. The third-order valence-corrected chi connectivity index (χ3v) is 3.85. The van der Waals surface area contributed by atoms with Crippen LogP contribution in [0.3, 0.4) is 0 Å². The summed E-state index contributed by atoms with van der Waals surface area (Å²) in [6.45, 7) is 0.895. The molecule has 0 heterocycles. The first-order valence-corrected chi connectivity index (χ1v) is 6.78. The first-order chi connectivity index (χ1) is 11.2. The topological polar surface area (TPSA) is 35.5 Å². The molecule has 0 N–H and O–H groups in total. The van der Waals surface area contributed by atoms with Crippen molar-refractivity contribution in [3.63, 3.8) is 0 Å². The van der Waals surface area contributed by atoms with Crippen LogP contribution in [0.15, 0.2) is 24.3 Å².